The van der Waals surface area contributed by atoms with E-state index in [2.05, 4.69) is 33.3 Å². The summed E-state index contributed by atoms with van der Waals surface area (Å²) < 4.78 is 10.7. The number of aliphatic imine (C=N–C) groups is 2. The minimum absolute atomic E-state index is 0.0533. The molecular formula is C23H25N5O3. The highest BCUT2D eigenvalue weighted by atomic mass is 16.5. The van der Waals surface area contributed by atoms with E-state index in [1.807, 2.05) is 18.3 Å². The van der Waals surface area contributed by atoms with Crippen LogP contribution in [-0.2, 0) is 4.79 Å². The lowest BCUT2D eigenvalue weighted by Crippen LogP contribution is -2.45. The summed E-state index contributed by atoms with van der Waals surface area (Å²) in [6.07, 6.45) is 5.51. The molecule has 0 bridgehead atoms. The van der Waals surface area contributed by atoms with Crippen molar-refractivity contribution in [3.05, 3.63) is 48.2 Å². The molecule has 3 aliphatic rings. The SMILES string of the molecule is C=CC(=O)N1CC[C@H](N2C=C(C#Cc3cc(OC)cc(OC)c3)C3C(N)=NC=NC32)C1. The molecule has 0 saturated carbocycles. The van der Waals surface area contributed by atoms with Crippen LogP contribution in [0.2, 0.25) is 0 Å². The summed E-state index contributed by atoms with van der Waals surface area (Å²) in [6.45, 7) is 4.89. The zero-order valence-electron chi connectivity index (χ0n) is 17.6. The fourth-order valence-electron chi connectivity index (χ4n) is 4.14. The van der Waals surface area contributed by atoms with Gasteiger partial charge in [0, 0.05) is 42.5 Å². The quantitative estimate of drug-likeness (QED) is 0.588. The Bertz CT molecular complexity index is 1030. The van der Waals surface area contributed by atoms with Gasteiger partial charge in [0.15, 0.2) is 0 Å². The minimum Gasteiger partial charge on any atom is -0.497 e. The summed E-state index contributed by atoms with van der Waals surface area (Å²) in [5.41, 5.74) is 7.85. The number of amidine groups is 1. The number of nitrogens with zero attached hydrogens (tertiary/aromatic N) is 4. The van der Waals surface area contributed by atoms with E-state index in [0.717, 1.165) is 17.6 Å². The second-order valence-corrected chi connectivity index (χ2v) is 7.52. The standard InChI is InChI=1S/C23H25N5O3/c1-4-20(29)27-8-7-17(13-27)28-12-16(21-22(24)25-14-26-23(21)28)6-5-15-9-18(30-2)11-19(10-15)31-3/h4,9-12,14,17,21,23H,1,7-8,13H2,2-3H3,(H2,24,25,26)/t17-,21?,23?/m0/s1. The van der Waals surface area contributed by atoms with Crippen LogP contribution in [-0.4, -0.2) is 67.4 Å². The number of benzene rings is 1. The highest BCUT2D eigenvalue weighted by molar-refractivity contribution is 5.94. The molecule has 31 heavy (non-hydrogen) atoms. The largest absolute Gasteiger partial charge is 0.497 e. The predicted molar refractivity (Wildman–Crippen MR) is 119 cm³/mol. The van der Waals surface area contributed by atoms with Crippen molar-refractivity contribution in [3.8, 4) is 23.3 Å². The first-order valence-electron chi connectivity index (χ1n) is 10.0. The molecule has 0 aliphatic carbocycles. The number of carbonyl (C=O) groups excluding carboxylic acids is 1. The average Bonchev–Trinajstić information content (AvgIpc) is 3.42. The van der Waals surface area contributed by atoms with Crippen molar-refractivity contribution in [2.45, 2.75) is 18.6 Å². The molecule has 3 heterocycles. The van der Waals surface area contributed by atoms with Gasteiger partial charge in [-0.15, -0.1) is 0 Å². The van der Waals surface area contributed by atoms with Gasteiger partial charge in [-0.05, 0) is 24.6 Å². The zero-order valence-corrected chi connectivity index (χ0v) is 17.6. The van der Waals surface area contributed by atoms with Crippen molar-refractivity contribution in [3.63, 3.8) is 0 Å². The summed E-state index contributed by atoms with van der Waals surface area (Å²) in [4.78, 5) is 24.7. The molecule has 0 aromatic heterocycles. The number of amides is 1. The number of likely N-dealkylation sites (tertiary alicyclic amines) is 1. The van der Waals surface area contributed by atoms with Crippen molar-refractivity contribution < 1.29 is 14.3 Å². The summed E-state index contributed by atoms with van der Waals surface area (Å²) >= 11 is 0. The topological polar surface area (TPSA) is 92.8 Å². The average molecular weight is 419 g/mol. The van der Waals surface area contributed by atoms with E-state index >= 15 is 0 Å². The normalized spacial score (nSPS) is 24.0. The number of nitrogens with two attached hydrogens (primary N) is 1. The summed E-state index contributed by atoms with van der Waals surface area (Å²) in [5.74, 6) is 8.01. The summed E-state index contributed by atoms with van der Waals surface area (Å²) in [7, 11) is 3.21. The Morgan fingerprint density at radius 2 is 2.00 bits per heavy atom. The molecular weight excluding hydrogens is 394 g/mol. The van der Waals surface area contributed by atoms with Gasteiger partial charge < -0.3 is 25.0 Å². The van der Waals surface area contributed by atoms with Gasteiger partial charge in [-0.1, -0.05) is 18.4 Å². The van der Waals surface area contributed by atoms with Crippen molar-refractivity contribution in [2.24, 2.45) is 21.6 Å². The van der Waals surface area contributed by atoms with Crippen LogP contribution in [0.3, 0.4) is 0 Å². The fourth-order valence-corrected chi connectivity index (χ4v) is 4.14. The van der Waals surface area contributed by atoms with E-state index in [9.17, 15) is 4.79 Å². The van der Waals surface area contributed by atoms with E-state index in [-0.39, 0.29) is 24.0 Å². The molecule has 4 rings (SSSR count). The molecule has 1 fully saturated rings. The van der Waals surface area contributed by atoms with Crippen LogP contribution in [0.5, 0.6) is 11.5 Å². The third kappa shape index (κ3) is 3.99. The molecule has 8 heteroatoms. The van der Waals surface area contributed by atoms with Gasteiger partial charge in [0.1, 0.15) is 29.8 Å². The number of carbonyl (C=O) groups is 1. The Balaban J connectivity index is 1.63. The van der Waals surface area contributed by atoms with Gasteiger partial charge in [-0.3, -0.25) is 4.79 Å². The van der Waals surface area contributed by atoms with Gasteiger partial charge in [0.05, 0.1) is 20.1 Å². The Morgan fingerprint density at radius 3 is 2.68 bits per heavy atom. The molecule has 0 radical (unpaired) electrons. The predicted octanol–water partition coefficient (Wildman–Crippen LogP) is 1.38. The van der Waals surface area contributed by atoms with Gasteiger partial charge >= 0.3 is 0 Å². The molecule has 1 saturated heterocycles. The zero-order chi connectivity index (χ0) is 22.0. The van der Waals surface area contributed by atoms with Crippen LogP contribution >= 0.6 is 0 Å². The maximum Gasteiger partial charge on any atom is 0.246 e. The van der Waals surface area contributed by atoms with E-state index < -0.39 is 0 Å². The van der Waals surface area contributed by atoms with Crippen molar-refractivity contribution in [1.29, 1.82) is 0 Å². The third-order valence-corrected chi connectivity index (χ3v) is 5.75. The van der Waals surface area contributed by atoms with Crippen LogP contribution in [0.15, 0.2) is 52.6 Å². The summed E-state index contributed by atoms with van der Waals surface area (Å²) in [5, 5.41) is 0. The Kier molecular flexibility index (Phi) is 5.67. The number of ether oxygens (including phenoxy) is 2. The second-order valence-electron chi connectivity index (χ2n) is 7.52. The fraction of sp³-hybridized carbons (Fsp3) is 0.348. The third-order valence-electron chi connectivity index (χ3n) is 5.75. The van der Waals surface area contributed by atoms with E-state index in [1.165, 1.54) is 12.4 Å². The van der Waals surface area contributed by atoms with Crippen LogP contribution in [0, 0.1) is 17.8 Å². The number of methoxy groups -OCH3 is 2. The van der Waals surface area contributed by atoms with Crippen LogP contribution in [0.25, 0.3) is 0 Å². The molecule has 2 N–H and O–H groups in total. The second kappa shape index (κ2) is 8.56. The Hall–Kier alpha value is -3.73. The lowest BCUT2D eigenvalue weighted by molar-refractivity contribution is -0.125. The number of hydrogen-bond acceptors (Lipinski definition) is 7. The first-order chi connectivity index (χ1) is 15.0. The first kappa shape index (κ1) is 20.5. The minimum atomic E-state index is -0.214. The van der Waals surface area contributed by atoms with Crippen LogP contribution < -0.4 is 15.2 Å². The maximum atomic E-state index is 12.0. The van der Waals surface area contributed by atoms with Crippen molar-refractivity contribution in [1.82, 2.24) is 9.80 Å². The molecule has 3 atom stereocenters. The molecule has 2 unspecified atom stereocenters. The molecule has 1 aromatic carbocycles. The van der Waals surface area contributed by atoms with Crippen molar-refractivity contribution >= 4 is 18.1 Å². The lowest BCUT2D eigenvalue weighted by Gasteiger charge is -2.32. The number of hydrogen-bond donors (Lipinski definition) is 1. The van der Waals surface area contributed by atoms with E-state index in [1.54, 1.807) is 25.2 Å². The molecule has 1 amide bonds. The van der Waals surface area contributed by atoms with Gasteiger partial charge in [-0.25, -0.2) is 9.98 Å². The molecule has 1 aromatic rings. The van der Waals surface area contributed by atoms with Crippen LogP contribution in [0.4, 0.5) is 0 Å². The highest BCUT2D eigenvalue weighted by Crippen LogP contribution is 2.35. The molecule has 0 spiro atoms. The molecule has 3 aliphatic heterocycles. The lowest BCUT2D eigenvalue weighted by atomic mass is 9.97. The van der Waals surface area contributed by atoms with Gasteiger partial charge in [-0.2, -0.15) is 0 Å². The number of rotatable bonds is 4. The first-order valence-corrected chi connectivity index (χ1v) is 10.0. The monoisotopic (exact) mass is 419 g/mol. The molecule has 160 valence electrons. The Labute approximate surface area is 181 Å². The number of fused-ring (bicyclic) bond motifs is 1. The van der Waals surface area contributed by atoms with Gasteiger partial charge in [0.2, 0.25) is 5.91 Å². The van der Waals surface area contributed by atoms with Crippen molar-refractivity contribution in [2.75, 3.05) is 27.3 Å². The van der Waals surface area contributed by atoms with E-state index in [0.29, 0.717) is 30.4 Å². The van der Waals surface area contributed by atoms with Crippen LogP contribution in [0.1, 0.15) is 12.0 Å². The molecule has 8 nitrogen and oxygen atoms in total. The smallest absolute Gasteiger partial charge is 0.246 e. The van der Waals surface area contributed by atoms with Gasteiger partial charge in [0.25, 0.3) is 0 Å². The summed E-state index contributed by atoms with van der Waals surface area (Å²) in [6, 6.07) is 5.64. The van der Waals surface area contributed by atoms with E-state index in [4.69, 9.17) is 15.2 Å². The maximum absolute atomic E-state index is 12.0. The Morgan fingerprint density at radius 1 is 1.26 bits per heavy atom. The highest BCUT2D eigenvalue weighted by Gasteiger charge is 2.43.